The molecule has 0 spiro atoms. The average Bonchev–Trinajstić information content (AvgIpc) is 3.51. The molecule has 2 aromatic rings. The van der Waals surface area contributed by atoms with Gasteiger partial charge in [-0.05, 0) is 31.4 Å². The molecule has 1 saturated heterocycles. The first-order chi connectivity index (χ1) is 14.1. The molecule has 7 nitrogen and oxygen atoms in total. The second kappa shape index (κ2) is 7.06. The lowest BCUT2D eigenvalue weighted by atomic mass is 9.75. The minimum Gasteiger partial charge on any atom is -0.477 e. The monoisotopic (exact) mass is 418 g/mol. The Bertz CT molecular complexity index is 1080. The van der Waals surface area contributed by atoms with Gasteiger partial charge in [-0.1, -0.05) is 13.8 Å². The van der Waals surface area contributed by atoms with E-state index in [1.807, 2.05) is 18.7 Å². The second-order valence-corrected chi connectivity index (χ2v) is 8.90. The van der Waals surface area contributed by atoms with Crippen LogP contribution in [-0.2, 0) is 0 Å². The fourth-order valence-corrected chi connectivity index (χ4v) is 4.88. The van der Waals surface area contributed by atoms with Gasteiger partial charge >= 0.3 is 5.97 Å². The van der Waals surface area contributed by atoms with Crippen LogP contribution in [0, 0.1) is 24.6 Å². The molecular weight excluding hydrogens is 391 g/mol. The van der Waals surface area contributed by atoms with Crippen LogP contribution in [0.5, 0.6) is 0 Å². The predicted molar refractivity (Wildman–Crippen MR) is 111 cm³/mol. The van der Waals surface area contributed by atoms with Crippen LogP contribution in [0.2, 0.25) is 0 Å². The predicted octanol–water partition coefficient (Wildman–Crippen LogP) is 2.30. The minimum atomic E-state index is -1.32. The summed E-state index contributed by atoms with van der Waals surface area (Å²) >= 11 is 0. The number of carbonyl (C=O) groups is 1. The topological polar surface area (TPSA) is 103 Å². The van der Waals surface area contributed by atoms with E-state index in [-0.39, 0.29) is 35.4 Å². The number of hydrogen-bond donors (Lipinski definition) is 3. The zero-order chi connectivity index (χ0) is 22.0. The number of aliphatic hydroxyl groups excluding tert-OH is 1. The van der Waals surface area contributed by atoms with Crippen molar-refractivity contribution in [2.24, 2.45) is 11.8 Å². The van der Waals surface area contributed by atoms with E-state index in [2.05, 4.69) is 0 Å². The molecule has 162 valence electrons. The number of rotatable bonds is 4. The Hall–Kier alpha value is -2.45. The maximum absolute atomic E-state index is 15.3. The van der Waals surface area contributed by atoms with Crippen molar-refractivity contribution in [1.82, 2.24) is 4.57 Å². The first-order valence-corrected chi connectivity index (χ1v) is 10.3. The zero-order valence-electron chi connectivity index (χ0n) is 17.4. The van der Waals surface area contributed by atoms with Gasteiger partial charge in [0.15, 0.2) is 0 Å². The number of anilines is 1. The highest BCUT2D eigenvalue weighted by Crippen LogP contribution is 2.42. The zero-order valence-corrected chi connectivity index (χ0v) is 17.4. The standard InChI is InChI=1S/C22H27FN2O5/c1-11-7-24(8-12(2)22(11,30)10-26)19-13(3)18-15(6-17(19)23)20(27)16(21(28)29)9-25(18)14-4-5-14/h6,9,11-12,14,26,30H,4-5,7-8,10H2,1-3H3,(H,28,29). The summed E-state index contributed by atoms with van der Waals surface area (Å²) in [4.78, 5) is 26.2. The highest BCUT2D eigenvalue weighted by Gasteiger charge is 2.45. The summed E-state index contributed by atoms with van der Waals surface area (Å²) in [6.45, 7) is 5.75. The molecule has 0 bridgehead atoms. The van der Waals surface area contributed by atoms with Crippen LogP contribution < -0.4 is 10.3 Å². The lowest BCUT2D eigenvalue weighted by molar-refractivity contribution is -0.102. The van der Waals surface area contributed by atoms with Crippen molar-refractivity contribution in [2.45, 2.75) is 45.3 Å². The molecule has 1 aliphatic carbocycles. The summed E-state index contributed by atoms with van der Waals surface area (Å²) in [6.07, 6.45) is 3.14. The van der Waals surface area contributed by atoms with Crippen molar-refractivity contribution in [1.29, 1.82) is 0 Å². The molecule has 1 aromatic heterocycles. The maximum atomic E-state index is 15.3. The van der Waals surface area contributed by atoms with Crippen molar-refractivity contribution in [3.63, 3.8) is 0 Å². The number of aromatic carboxylic acids is 1. The number of piperidine rings is 1. The molecule has 2 aliphatic rings. The Morgan fingerprint density at radius 3 is 2.37 bits per heavy atom. The number of aryl methyl sites for hydroxylation is 1. The lowest BCUT2D eigenvalue weighted by Crippen LogP contribution is -2.58. The summed E-state index contributed by atoms with van der Waals surface area (Å²) in [6, 6.07) is 1.25. The van der Waals surface area contributed by atoms with Crippen LogP contribution >= 0.6 is 0 Å². The van der Waals surface area contributed by atoms with E-state index in [4.69, 9.17) is 0 Å². The smallest absolute Gasteiger partial charge is 0.341 e. The van der Waals surface area contributed by atoms with Gasteiger partial charge in [-0.15, -0.1) is 0 Å². The van der Waals surface area contributed by atoms with Crippen LogP contribution in [0.1, 0.15) is 48.7 Å². The molecule has 2 atom stereocenters. The van der Waals surface area contributed by atoms with Crippen LogP contribution in [0.4, 0.5) is 10.1 Å². The number of carboxylic acid groups (broad SMARTS) is 1. The molecule has 8 heteroatoms. The average molecular weight is 418 g/mol. The molecule has 3 N–H and O–H groups in total. The molecule has 1 aromatic carbocycles. The molecule has 0 radical (unpaired) electrons. The number of hydrogen-bond acceptors (Lipinski definition) is 5. The van der Waals surface area contributed by atoms with Gasteiger partial charge in [-0.3, -0.25) is 4.79 Å². The molecule has 1 saturated carbocycles. The number of carboxylic acids is 1. The summed E-state index contributed by atoms with van der Waals surface area (Å²) in [5.74, 6) is -2.49. The number of nitrogens with zero attached hydrogens (tertiary/aromatic N) is 2. The van der Waals surface area contributed by atoms with E-state index in [9.17, 15) is 24.9 Å². The van der Waals surface area contributed by atoms with Gasteiger partial charge in [0.05, 0.1) is 23.4 Å². The lowest BCUT2D eigenvalue weighted by Gasteiger charge is -2.48. The third kappa shape index (κ3) is 3.01. The Morgan fingerprint density at radius 1 is 1.27 bits per heavy atom. The third-order valence-electron chi connectivity index (χ3n) is 6.91. The highest BCUT2D eigenvalue weighted by atomic mass is 19.1. The Kier molecular flexibility index (Phi) is 4.90. The van der Waals surface area contributed by atoms with E-state index in [0.29, 0.717) is 29.9 Å². The molecule has 1 aliphatic heterocycles. The van der Waals surface area contributed by atoms with E-state index in [0.717, 1.165) is 18.9 Å². The van der Waals surface area contributed by atoms with Crippen molar-refractivity contribution in [3.05, 3.63) is 39.4 Å². The van der Waals surface area contributed by atoms with Gasteiger partial charge in [0.25, 0.3) is 0 Å². The number of aliphatic hydroxyl groups is 2. The quantitative estimate of drug-likeness (QED) is 0.704. The van der Waals surface area contributed by atoms with Crippen LogP contribution in [0.15, 0.2) is 17.1 Å². The van der Waals surface area contributed by atoms with E-state index in [1.165, 1.54) is 6.20 Å². The third-order valence-corrected chi connectivity index (χ3v) is 6.91. The highest BCUT2D eigenvalue weighted by molar-refractivity contribution is 5.95. The molecule has 2 heterocycles. The summed E-state index contributed by atoms with van der Waals surface area (Å²) in [7, 11) is 0. The fraction of sp³-hybridized carbons (Fsp3) is 0.545. The maximum Gasteiger partial charge on any atom is 0.341 e. The number of fused-ring (bicyclic) bond motifs is 1. The van der Waals surface area contributed by atoms with Crippen LogP contribution in [0.3, 0.4) is 0 Å². The first-order valence-electron chi connectivity index (χ1n) is 10.3. The van der Waals surface area contributed by atoms with Crippen molar-refractivity contribution >= 4 is 22.6 Å². The minimum absolute atomic E-state index is 0.0746. The van der Waals surface area contributed by atoms with E-state index < -0.39 is 22.8 Å². The van der Waals surface area contributed by atoms with Gasteiger partial charge in [-0.2, -0.15) is 0 Å². The molecule has 30 heavy (non-hydrogen) atoms. The van der Waals surface area contributed by atoms with E-state index in [1.54, 1.807) is 11.5 Å². The Labute approximate surface area is 173 Å². The second-order valence-electron chi connectivity index (χ2n) is 8.90. The van der Waals surface area contributed by atoms with Crippen molar-refractivity contribution in [2.75, 3.05) is 24.6 Å². The summed E-state index contributed by atoms with van der Waals surface area (Å²) < 4.78 is 17.1. The van der Waals surface area contributed by atoms with Crippen molar-refractivity contribution < 1.29 is 24.5 Å². The normalized spacial score (nSPS) is 26.9. The number of benzene rings is 1. The van der Waals surface area contributed by atoms with Gasteiger partial charge in [0, 0.05) is 42.6 Å². The molecule has 0 amide bonds. The fourth-order valence-electron chi connectivity index (χ4n) is 4.88. The van der Waals surface area contributed by atoms with E-state index >= 15 is 4.39 Å². The van der Waals surface area contributed by atoms with Gasteiger partial charge in [-0.25, -0.2) is 9.18 Å². The largest absolute Gasteiger partial charge is 0.477 e. The van der Waals surface area contributed by atoms with Gasteiger partial charge < -0.3 is 24.8 Å². The summed E-state index contributed by atoms with van der Waals surface area (Å²) in [5, 5.41) is 29.9. The number of pyridine rings is 1. The number of halogens is 1. The molecule has 2 unspecified atom stereocenters. The van der Waals surface area contributed by atoms with Gasteiger partial charge in [0.1, 0.15) is 11.4 Å². The molecule has 4 rings (SSSR count). The molecule has 2 fully saturated rings. The van der Waals surface area contributed by atoms with Crippen LogP contribution in [0.25, 0.3) is 10.9 Å². The Balaban J connectivity index is 1.91. The van der Waals surface area contributed by atoms with Crippen molar-refractivity contribution in [3.8, 4) is 0 Å². The Morgan fingerprint density at radius 2 is 1.87 bits per heavy atom. The molecular formula is C22H27FN2O5. The SMILES string of the molecule is Cc1c(N2CC(C)C(O)(CO)C(C)C2)c(F)cc2c(=O)c(C(=O)O)cn(C3CC3)c12. The summed E-state index contributed by atoms with van der Waals surface area (Å²) in [5.41, 5.74) is -0.762. The van der Waals surface area contributed by atoms with Crippen LogP contribution in [-0.4, -0.2) is 51.2 Å². The van der Waals surface area contributed by atoms with Gasteiger partial charge in [0.2, 0.25) is 5.43 Å². The number of aromatic nitrogens is 1. The first kappa shape index (κ1) is 20.8.